The van der Waals surface area contributed by atoms with E-state index in [9.17, 15) is 14.7 Å². The number of carboxylic acid groups (broad SMARTS) is 1. The highest BCUT2D eigenvalue weighted by Gasteiger charge is 2.28. The van der Waals surface area contributed by atoms with Crippen LogP contribution in [0.15, 0.2) is 46.2 Å². The molecule has 3 aromatic rings. The second kappa shape index (κ2) is 8.58. The Morgan fingerprint density at radius 2 is 2.04 bits per heavy atom. The van der Waals surface area contributed by atoms with Gasteiger partial charge in [0.1, 0.15) is 11.5 Å². The molecule has 0 saturated heterocycles. The monoisotopic (exact) mass is 418 g/mol. The number of halogens is 1. The fourth-order valence-corrected chi connectivity index (χ4v) is 3.90. The fourth-order valence-electron chi connectivity index (χ4n) is 2.87. The molecule has 6 nitrogen and oxygen atoms in total. The summed E-state index contributed by atoms with van der Waals surface area (Å²) in [6, 6.07) is 10.9. The fraction of sp³-hybridized carbons (Fsp3) is 0.250. The Balaban J connectivity index is 1.81. The smallest absolute Gasteiger partial charge is 0.304 e. The van der Waals surface area contributed by atoms with Crippen LogP contribution in [0, 0.1) is 12.8 Å². The normalized spacial score (nSPS) is 12.0. The molecule has 3 rings (SSSR count). The molecule has 1 atom stereocenters. The maximum Gasteiger partial charge on any atom is 0.304 e. The van der Waals surface area contributed by atoms with Gasteiger partial charge in [0.15, 0.2) is 5.13 Å². The number of carboxylic acids is 1. The Hall–Kier alpha value is -2.64. The summed E-state index contributed by atoms with van der Waals surface area (Å²) in [5.41, 5.74) is 1.45. The van der Waals surface area contributed by atoms with Gasteiger partial charge in [0, 0.05) is 29.4 Å². The summed E-state index contributed by atoms with van der Waals surface area (Å²) in [7, 11) is 1.60. The van der Waals surface area contributed by atoms with Crippen molar-refractivity contribution in [3.05, 3.63) is 58.3 Å². The van der Waals surface area contributed by atoms with E-state index in [0.29, 0.717) is 27.4 Å². The van der Waals surface area contributed by atoms with E-state index in [2.05, 4.69) is 4.98 Å². The van der Waals surface area contributed by atoms with Crippen molar-refractivity contribution in [2.45, 2.75) is 19.8 Å². The molecule has 0 fully saturated rings. The minimum absolute atomic E-state index is 0.214. The average molecular weight is 419 g/mol. The lowest BCUT2D eigenvalue weighted by molar-refractivity contribution is -0.140. The van der Waals surface area contributed by atoms with Gasteiger partial charge >= 0.3 is 5.97 Å². The second-order valence-corrected chi connectivity index (χ2v) is 7.65. The molecule has 2 aromatic heterocycles. The first-order valence-corrected chi connectivity index (χ1v) is 9.86. The lowest BCUT2D eigenvalue weighted by Crippen LogP contribution is -2.35. The van der Waals surface area contributed by atoms with Gasteiger partial charge in [-0.05, 0) is 25.1 Å². The second-order valence-electron chi connectivity index (χ2n) is 6.40. The molecule has 0 bridgehead atoms. The van der Waals surface area contributed by atoms with Gasteiger partial charge in [0.05, 0.1) is 18.0 Å². The summed E-state index contributed by atoms with van der Waals surface area (Å²) in [4.78, 5) is 30.1. The van der Waals surface area contributed by atoms with E-state index in [1.807, 2.05) is 23.6 Å². The summed E-state index contributed by atoms with van der Waals surface area (Å²) in [6.45, 7) is 1.80. The van der Waals surface area contributed by atoms with Crippen LogP contribution < -0.4 is 4.90 Å². The van der Waals surface area contributed by atoms with E-state index >= 15 is 0 Å². The van der Waals surface area contributed by atoms with Gasteiger partial charge in [-0.3, -0.25) is 14.5 Å². The summed E-state index contributed by atoms with van der Waals surface area (Å²) in [6.07, 6.45) is -0.0717. The number of thiazole rings is 1. The molecule has 0 radical (unpaired) electrons. The first-order valence-electron chi connectivity index (χ1n) is 8.60. The molecule has 1 N–H and O–H groups in total. The van der Waals surface area contributed by atoms with Crippen molar-refractivity contribution in [2.24, 2.45) is 5.92 Å². The molecule has 0 aliphatic rings. The van der Waals surface area contributed by atoms with Gasteiger partial charge in [0.25, 0.3) is 0 Å². The topological polar surface area (TPSA) is 83.6 Å². The first kappa shape index (κ1) is 20.1. The van der Waals surface area contributed by atoms with Crippen LogP contribution in [0.5, 0.6) is 0 Å². The molecule has 1 aromatic carbocycles. The molecule has 28 heavy (non-hydrogen) atoms. The number of hydrogen-bond acceptors (Lipinski definition) is 5. The molecular weight excluding hydrogens is 400 g/mol. The molecule has 0 spiro atoms. The predicted octanol–water partition coefficient (Wildman–Crippen LogP) is 4.66. The molecule has 0 aliphatic heterocycles. The summed E-state index contributed by atoms with van der Waals surface area (Å²) in [5.74, 6) is -0.807. The Bertz CT molecular complexity index is 998. The minimum atomic E-state index is -1.04. The van der Waals surface area contributed by atoms with Crippen LogP contribution in [0.1, 0.15) is 17.9 Å². The minimum Gasteiger partial charge on any atom is -0.481 e. The number of aliphatic carboxylic acids is 1. The number of furan rings is 1. The third-order valence-electron chi connectivity index (χ3n) is 4.27. The SMILES string of the molecule is Cc1ccc(CC(CC(=O)O)C(=O)N(C)c2nc(-c3ccccc3Cl)cs2)o1. The Morgan fingerprint density at radius 3 is 2.68 bits per heavy atom. The maximum absolute atomic E-state index is 13.0. The lowest BCUT2D eigenvalue weighted by Gasteiger charge is -2.20. The summed E-state index contributed by atoms with van der Waals surface area (Å²) < 4.78 is 5.51. The molecule has 1 amide bonds. The highest BCUT2D eigenvalue weighted by atomic mass is 35.5. The maximum atomic E-state index is 13.0. The number of carbonyl (C=O) groups excluding carboxylic acids is 1. The zero-order valence-electron chi connectivity index (χ0n) is 15.4. The van der Waals surface area contributed by atoms with E-state index in [1.165, 1.54) is 16.2 Å². The van der Waals surface area contributed by atoms with Crippen molar-refractivity contribution < 1.29 is 19.1 Å². The number of nitrogens with zero attached hydrogens (tertiary/aromatic N) is 2. The predicted molar refractivity (Wildman–Crippen MR) is 109 cm³/mol. The molecule has 0 aliphatic carbocycles. The largest absolute Gasteiger partial charge is 0.481 e. The van der Waals surface area contributed by atoms with Crippen molar-refractivity contribution in [3.63, 3.8) is 0 Å². The van der Waals surface area contributed by atoms with Gasteiger partial charge in [-0.15, -0.1) is 11.3 Å². The van der Waals surface area contributed by atoms with Crippen molar-refractivity contribution >= 4 is 39.9 Å². The standard InChI is InChI=1S/C20H19ClN2O4S/c1-12-7-8-14(27-12)9-13(10-18(24)25)19(26)23(2)20-22-17(11-28-20)15-5-3-4-6-16(15)21/h3-8,11,13H,9-10H2,1-2H3,(H,24,25). The molecule has 0 saturated carbocycles. The van der Waals surface area contributed by atoms with Crippen molar-refractivity contribution in [2.75, 3.05) is 11.9 Å². The summed E-state index contributed by atoms with van der Waals surface area (Å²) in [5, 5.41) is 12.1. The number of amides is 1. The highest BCUT2D eigenvalue weighted by Crippen LogP contribution is 2.32. The van der Waals surface area contributed by atoms with E-state index in [-0.39, 0.29) is 18.7 Å². The quantitative estimate of drug-likeness (QED) is 0.603. The highest BCUT2D eigenvalue weighted by molar-refractivity contribution is 7.14. The molecular formula is C20H19ClN2O4S. The van der Waals surface area contributed by atoms with Gasteiger partial charge in [-0.25, -0.2) is 4.98 Å². The van der Waals surface area contributed by atoms with Gasteiger partial charge in [-0.2, -0.15) is 0 Å². The van der Waals surface area contributed by atoms with Crippen LogP contribution in [-0.2, 0) is 16.0 Å². The Labute approximate surface area is 171 Å². The molecule has 1 unspecified atom stereocenters. The third-order valence-corrected chi connectivity index (χ3v) is 5.52. The molecule has 146 valence electrons. The lowest BCUT2D eigenvalue weighted by atomic mass is 9.98. The van der Waals surface area contributed by atoms with Crippen molar-refractivity contribution in [1.82, 2.24) is 4.98 Å². The number of hydrogen-bond donors (Lipinski definition) is 1. The van der Waals surface area contributed by atoms with Gasteiger partial charge in [-0.1, -0.05) is 29.8 Å². The Morgan fingerprint density at radius 1 is 1.29 bits per heavy atom. The van der Waals surface area contributed by atoms with Crippen molar-refractivity contribution in [1.29, 1.82) is 0 Å². The molecule has 8 heteroatoms. The summed E-state index contributed by atoms with van der Waals surface area (Å²) >= 11 is 7.52. The Kier molecular flexibility index (Phi) is 6.16. The number of rotatable bonds is 7. The van der Waals surface area contributed by atoms with Crippen LogP contribution in [0.25, 0.3) is 11.3 Å². The number of aryl methyl sites for hydroxylation is 1. The first-order chi connectivity index (χ1) is 13.3. The van der Waals surface area contributed by atoms with Crippen molar-refractivity contribution in [3.8, 4) is 11.3 Å². The van der Waals surface area contributed by atoms with Crippen LogP contribution in [0.2, 0.25) is 5.02 Å². The van der Waals surface area contributed by atoms with Crippen LogP contribution in [-0.4, -0.2) is 29.0 Å². The number of anilines is 1. The molecule has 2 heterocycles. The van der Waals surface area contributed by atoms with Crippen LogP contribution in [0.4, 0.5) is 5.13 Å². The number of aromatic nitrogens is 1. The average Bonchev–Trinajstić information content (AvgIpc) is 3.29. The third kappa shape index (κ3) is 4.61. The number of benzene rings is 1. The van der Waals surface area contributed by atoms with Gasteiger partial charge in [0.2, 0.25) is 5.91 Å². The zero-order valence-corrected chi connectivity index (χ0v) is 17.0. The van der Waals surface area contributed by atoms with E-state index < -0.39 is 11.9 Å². The van der Waals surface area contributed by atoms with Crippen LogP contribution in [0.3, 0.4) is 0 Å². The van der Waals surface area contributed by atoms with E-state index in [1.54, 1.807) is 32.2 Å². The van der Waals surface area contributed by atoms with Gasteiger partial charge < -0.3 is 9.52 Å². The van der Waals surface area contributed by atoms with Crippen LogP contribution >= 0.6 is 22.9 Å². The van der Waals surface area contributed by atoms with E-state index in [4.69, 9.17) is 16.0 Å². The number of carbonyl (C=O) groups is 2. The zero-order chi connectivity index (χ0) is 20.3. The van der Waals surface area contributed by atoms with E-state index in [0.717, 1.165) is 5.56 Å².